The van der Waals surface area contributed by atoms with Gasteiger partial charge in [-0.2, -0.15) is 0 Å². The van der Waals surface area contributed by atoms with E-state index in [-0.39, 0.29) is 11.4 Å². The van der Waals surface area contributed by atoms with Crippen LogP contribution in [0.2, 0.25) is 0 Å². The van der Waals surface area contributed by atoms with E-state index in [1.165, 1.54) is 12.8 Å². The van der Waals surface area contributed by atoms with Crippen molar-refractivity contribution in [3.8, 4) is 0 Å². The minimum atomic E-state index is -0.0152. The number of nitrogens with zero attached hydrogens (tertiary/aromatic N) is 1. The van der Waals surface area contributed by atoms with Gasteiger partial charge in [0.2, 0.25) is 0 Å². The number of hydrogen-bond donors (Lipinski definition) is 2. The second kappa shape index (κ2) is 6.84. The monoisotopic (exact) mass is 241 g/mol. The van der Waals surface area contributed by atoms with Gasteiger partial charge in [0.15, 0.2) is 0 Å². The van der Waals surface area contributed by atoms with Crippen LogP contribution in [-0.4, -0.2) is 44.2 Å². The molecule has 0 spiro atoms. The second-order valence-corrected chi connectivity index (χ2v) is 5.58. The van der Waals surface area contributed by atoms with Crippen molar-refractivity contribution in [1.29, 1.82) is 0 Å². The number of urea groups is 1. The van der Waals surface area contributed by atoms with E-state index in [4.69, 9.17) is 0 Å². The molecule has 0 bridgehead atoms. The topological polar surface area (TPSA) is 44.4 Å². The fourth-order valence-electron chi connectivity index (χ4n) is 2.07. The molecule has 17 heavy (non-hydrogen) atoms. The van der Waals surface area contributed by atoms with E-state index in [0.717, 1.165) is 39.0 Å². The smallest absolute Gasteiger partial charge is 0.314 e. The summed E-state index contributed by atoms with van der Waals surface area (Å²) in [5.41, 5.74) is 0.272. The van der Waals surface area contributed by atoms with Crippen molar-refractivity contribution in [1.82, 2.24) is 15.5 Å². The molecule has 4 heteroatoms. The molecule has 100 valence electrons. The first-order chi connectivity index (χ1) is 8.06. The van der Waals surface area contributed by atoms with Crippen LogP contribution >= 0.6 is 0 Å². The minimum absolute atomic E-state index is 0.0152. The number of hydrogen-bond acceptors (Lipinski definition) is 2. The van der Waals surface area contributed by atoms with E-state index in [0.29, 0.717) is 0 Å². The maximum Gasteiger partial charge on any atom is 0.314 e. The Bertz CT molecular complexity index is 235. The van der Waals surface area contributed by atoms with Gasteiger partial charge in [0.25, 0.3) is 0 Å². The van der Waals surface area contributed by atoms with Crippen molar-refractivity contribution >= 4 is 6.03 Å². The first-order valence-corrected chi connectivity index (χ1v) is 6.76. The normalized spacial score (nSPS) is 19.9. The Morgan fingerprint density at radius 3 is 2.53 bits per heavy atom. The average Bonchev–Trinajstić information content (AvgIpc) is 2.32. The number of nitrogens with one attached hydrogen (secondary N) is 2. The molecule has 1 aliphatic rings. The van der Waals surface area contributed by atoms with E-state index in [2.05, 4.69) is 36.4 Å². The van der Waals surface area contributed by atoms with Gasteiger partial charge >= 0.3 is 6.03 Å². The zero-order valence-corrected chi connectivity index (χ0v) is 11.5. The Hall–Kier alpha value is -0.770. The summed E-state index contributed by atoms with van der Waals surface area (Å²) in [6.07, 6.45) is 4.50. The SMILES string of the molecule is CCCCNC(=O)NCC1(C)CCN(C)CC1. The maximum atomic E-state index is 11.5. The molecule has 0 unspecified atom stereocenters. The summed E-state index contributed by atoms with van der Waals surface area (Å²) in [6.45, 7) is 8.23. The van der Waals surface area contributed by atoms with Crippen molar-refractivity contribution in [2.45, 2.75) is 39.5 Å². The third kappa shape index (κ3) is 5.39. The highest BCUT2D eigenvalue weighted by Gasteiger charge is 2.28. The lowest BCUT2D eigenvalue weighted by molar-refractivity contribution is 0.138. The third-order valence-corrected chi connectivity index (χ3v) is 3.69. The van der Waals surface area contributed by atoms with Gasteiger partial charge in [0, 0.05) is 13.1 Å². The van der Waals surface area contributed by atoms with Crippen LogP contribution in [0.15, 0.2) is 0 Å². The molecular formula is C13H27N3O. The summed E-state index contributed by atoms with van der Waals surface area (Å²) in [5, 5.41) is 5.89. The third-order valence-electron chi connectivity index (χ3n) is 3.69. The number of likely N-dealkylation sites (tertiary alicyclic amines) is 1. The number of rotatable bonds is 5. The van der Waals surface area contributed by atoms with E-state index in [1.54, 1.807) is 0 Å². The molecule has 1 aliphatic heterocycles. The van der Waals surface area contributed by atoms with Crippen LogP contribution in [0.3, 0.4) is 0 Å². The molecule has 0 saturated carbocycles. The van der Waals surface area contributed by atoms with Gasteiger partial charge in [0.05, 0.1) is 0 Å². The average molecular weight is 241 g/mol. The van der Waals surface area contributed by atoms with Gasteiger partial charge in [-0.25, -0.2) is 4.79 Å². The molecule has 0 radical (unpaired) electrons. The van der Waals surface area contributed by atoms with Crippen molar-refractivity contribution in [3.63, 3.8) is 0 Å². The lowest BCUT2D eigenvalue weighted by Crippen LogP contribution is -2.46. The van der Waals surface area contributed by atoms with Gasteiger partial charge in [-0.3, -0.25) is 0 Å². The molecule has 1 heterocycles. The minimum Gasteiger partial charge on any atom is -0.338 e. The summed E-state index contributed by atoms with van der Waals surface area (Å²) < 4.78 is 0. The molecule has 1 saturated heterocycles. The fourth-order valence-corrected chi connectivity index (χ4v) is 2.07. The molecule has 0 aromatic carbocycles. The van der Waals surface area contributed by atoms with Crippen LogP contribution in [0.1, 0.15) is 39.5 Å². The largest absolute Gasteiger partial charge is 0.338 e. The maximum absolute atomic E-state index is 11.5. The molecule has 2 amide bonds. The molecular weight excluding hydrogens is 214 g/mol. The van der Waals surface area contributed by atoms with Crippen LogP contribution in [0, 0.1) is 5.41 Å². The number of piperidine rings is 1. The summed E-state index contributed by atoms with van der Waals surface area (Å²) >= 11 is 0. The van der Waals surface area contributed by atoms with E-state index >= 15 is 0 Å². The quantitative estimate of drug-likeness (QED) is 0.721. The van der Waals surface area contributed by atoms with Gasteiger partial charge in [0.1, 0.15) is 0 Å². The summed E-state index contributed by atoms with van der Waals surface area (Å²) in [7, 11) is 2.16. The zero-order valence-electron chi connectivity index (χ0n) is 11.5. The van der Waals surface area contributed by atoms with Gasteiger partial charge < -0.3 is 15.5 Å². The lowest BCUT2D eigenvalue weighted by atomic mass is 9.80. The lowest BCUT2D eigenvalue weighted by Gasteiger charge is -2.37. The van der Waals surface area contributed by atoms with Crippen LogP contribution in [0.5, 0.6) is 0 Å². The van der Waals surface area contributed by atoms with Crippen molar-refractivity contribution < 1.29 is 4.79 Å². The molecule has 4 nitrogen and oxygen atoms in total. The van der Waals surface area contributed by atoms with Crippen LogP contribution in [0.25, 0.3) is 0 Å². The molecule has 0 atom stereocenters. The van der Waals surface area contributed by atoms with Crippen LogP contribution in [0.4, 0.5) is 4.79 Å². The summed E-state index contributed by atoms with van der Waals surface area (Å²) in [5.74, 6) is 0. The first kappa shape index (κ1) is 14.3. The fraction of sp³-hybridized carbons (Fsp3) is 0.923. The predicted molar refractivity (Wildman–Crippen MR) is 71.1 cm³/mol. The van der Waals surface area contributed by atoms with Crippen LogP contribution in [-0.2, 0) is 0 Å². The molecule has 1 fully saturated rings. The highest BCUT2D eigenvalue weighted by atomic mass is 16.2. The Labute approximate surface area is 105 Å². The van der Waals surface area contributed by atoms with Crippen LogP contribution < -0.4 is 10.6 Å². The van der Waals surface area contributed by atoms with E-state index in [9.17, 15) is 4.79 Å². The number of carbonyl (C=O) groups excluding carboxylic acids is 1. The predicted octanol–water partition coefficient (Wildman–Crippen LogP) is 1.82. The highest BCUT2D eigenvalue weighted by Crippen LogP contribution is 2.29. The number of unbranched alkanes of at least 4 members (excludes halogenated alkanes) is 1. The molecule has 2 N–H and O–H groups in total. The Morgan fingerprint density at radius 2 is 1.94 bits per heavy atom. The Morgan fingerprint density at radius 1 is 1.29 bits per heavy atom. The zero-order chi connectivity index (χ0) is 12.7. The van der Waals surface area contributed by atoms with Gasteiger partial charge in [-0.05, 0) is 44.8 Å². The summed E-state index contributed by atoms with van der Waals surface area (Å²) in [6, 6.07) is -0.0152. The highest BCUT2D eigenvalue weighted by molar-refractivity contribution is 5.73. The first-order valence-electron chi connectivity index (χ1n) is 6.76. The standard InChI is InChI=1S/C13H27N3O/c1-4-5-8-14-12(17)15-11-13(2)6-9-16(3)10-7-13/h4-11H2,1-3H3,(H2,14,15,17). The van der Waals surface area contributed by atoms with Crippen molar-refractivity contribution in [2.75, 3.05) is 33.2 Å². The number of carbonyl (C=O) groups is 1. The Kier molecular flexibility index (Phi) is 5.75. The van der Waals surface area contributed by atoms with Crippen molar-refractivity contribution in [2.24, 2.45) is 5.41 Å². The number of amides is 2. The second-order valence-electron chi connectivity index (χ2n) is 5.58. The molecule has 1 rings (SSSR count). The van der Waals surface area contributed by atoms with E-state index in [1.807, 2.05) is 0 Å². The van der Waals surface area contributed by atoms with Gasteiger partial charge in [-0.1, -0.05) is 20.3 Å². The van der Waals surface area contributed by atoms with Gasteiger partial charge in [-0.15, -0.1) is 0 Å². The van der Waals surface area contributed by atoms with Crippen molar-refractivity contribution in [3.05, 3.63) is 0 Å². The molecule has 0 aromatic rings. The van der Waals surface area contributed by atoms with E-state index < -0.39 is 0 Å². The summed E-state index contributed by atoms with van der Waals surface area (Å²) in [4.78, 5) is 13.9. The molecule has 0 aromatic heterocycles. The Balaban J connectivity index is 2.18. The molecule has 0 aliphatic carbocycles.